The van der Waals surface area contributed by atoms with Gasteiger partial charge >= 0.3 is 63.3 Å². The van der Waals surface area contributed by atoms with E-state index in [0.717, 1.165) is 0 Å². The molecule has 4 heteroatoms. The van der Waals surface area contributed by atoms with Gasteiger partial charge in [-0.2, -0.15) is 0 Å². The summed E-state index contributed by atoms with van der Waals surface area (Å²) in [6.45, 7) is 1.20. The molecule has 0 aliphatic rings. The van der Waals surface area contributed by atoms with Crippen molar-refractivity contribution in [2.24, 2.45) is 0 Å². The number of esters is 2. The molecule has 0 unspecified atom stereocenters. The van der Waals surface area contributed by atoms with Crippen LogP contribution in [-0.4, -0.2) is 11.9 Å². The molecule has 0 fully saturated rings. The standard InChI is InChI=1S/C9H8O3.K.H/c1-7(10)12-9(11)8-5-3-2-4-6-8;;/h2-6H,1H3;;/q;+1;-1. The number of hydrogen-bond acceptors (Lipinski definition) is 3. The van der Waals surface area contributed by atoms with Crippen molar-refractivity contribution in [3.63, 3.8) is 0 Å². The van der Waals surface area contributed by atoms with E-state index < -0.39 is 11.9 Å². The van der Waals surface area contributed by atoms with Gasteiger partial charge in [0.2, 0.25) is 0 Å². The summed E-state index contributed by atoms with van der Waals surface area (Å²) in [5.74, 6) is -1.20. The zero-order valence-electron chi connectivity index (χ0n) is 8.61. The van der Waals surface area contributed by atoms with Crippen molar-refractivity contribution < 1.29 is 67.1 Å². The number of benzene rings is 1. The minimum absolute atomic E-state index is 0. The van der Waals surface area contributed by atoms with Crippen molar-refractivity contribution in [1.29, 1.82) is 0 Å². The molecule has 0 amide bonds. The molecule has 0 aliphatic heterocycles. The van der Waals surface area contributed by atoms with Gasteiger partial charge < -0.3 is 6.16 Å². The van der Waals surface area contributed by atoms with E-state index in [4.69, 9.17) is 0 Å². The van der Waals surface area contributed by atoms with Crippen LogP contribution in [0.25, 0.3) is 0 Å². The Morgan fingerprint density at radius 1 is 1.23 bits per heavy atom. The van der Waals surface area contributed by atoms with Gasteiger partial charge in [-0.25, -0.2) is 4.79 Å². The molecule has 0 bridgehead atoms. The molecule has 0 heterocycles. The minimum Gasteiger partial charge on any atom is -1.00 e. The summed E-state index contributed by atoms with van der Waals surface area (Å²) in [4.78, 5) is 21.4. The Bertz CT molecular complexity index is 300. The van der Waals surface area contributed by atoms with Gasteiger partial charge in [-0.1, -0.05) is 18.2 Å². The topological polar surface area (TPSA) is 43.4 Å². The average Bonchev–Trinajstić information content (AvgIpc) is 2.05. The van der Waals surface area contributed by atoms with Gasteiger partial charge in [0, 0.05) is 6.92 Å². The molecular weight excluding hydrogens is 195 g/mol. The van der Waals surface area contributed by atoms with Crippen molar-refractivity contribution >= 4 is 11.9 Å². The van der Waals surface area contributed by atoms with Crippen molar-refractivity contribution in [2.45, 2.75) is 6.92 Å². The first-order valence-corrected chi connectivity index (χ1v) is 3.48. The minimum atomic E-state index is -0.608. The Morgan fingerprint density at radius 2 is 1.77 bits per heavy atom. The Kier molecular flexibility index (Phi) is 6.45. The molecule has 3 nitrogen and oxygen atoms in total. The van der Waals surface area contributed by atoms with E-state index in [9.17, 15) is 9.59 Å². The SMILES string of the molecule is CC(=O)OC(=O)c1ccccc1.[H-].[K+]. The largest absolute Gasteiger partial charge is 1.00 e. The maximum absolute atomic E-state index is 11.0. The maximum atomic E-state index is 11.0. The molecule has 0 aromatic heterocycles. The molecule has 64 valence electrons. The van der Waals surface area contributed by atoms with Gasteiger partial charge in [0.15, 0.2) is 0 Å². The van der Waals surface area contributed by atoms with Gasteiger partial charge in [0.05, 0.1) is 5.56 Å². The maximum Gasteiger partial charge on any atom is 1.00 e. The Hall–Kier alpha value is -0.00364. The van der Waals surface area contributed by atoms with Crippen LogP contribution in [0.4, 0.5) is 0 Å². The van der Waals surface area contributed by atoms with Crippen LogP contribution in [0.5, 0.6) is 0 Å². The van der Waals surface area contributed by atoms with Gasteiger partial charge in [0.1, 0.15) is 0 Å². The fourth-order valence-electron chi connectivity index (χ4n) is 0.764. The first-order valence-electron chi connectivity index (χ1n) is 3.48. The number of carbonyl (C=O) groups is 2. The first-order chi connectivity index (χ1) is 5.70. The van der Waals surface area contributed by atoms with Crippen LogP contribution in [0.3, 0.4) is 0 Å². The van der Waals surface area contributed by atoms with E-state index in [2.05, 4.69) is 4.74 Å². The van der Waals surface area contributed by atoms with E-state index in [1.165, 1.54) is 6.92 Å². The normalized spacial score (nSPS) is 8.38. The van der Waals surface area contributed by atoms with Crippen LogP contribution in [0.2, 0.25) is 0 Å². The number of hydrogen-bond donors (Lipinski definition) is 0. The van der Waals surface area contributed by atoms with Crippen LogP contribution >= 0.6 is 0 Å². The number of ether oxygens (including phenoxy) is 1. The quantitative estimate of drug-likeness (QED) is 0.318. The summed E-state index contributed by atoms with van der Waals surface area (Å²) in [6, 6.07) is 8.37. The first kappa shape index (κ1) is 13.0. The molecule has 0 saturated heterocycles. The van der Waals surface area contributed by atoms with Crippen molar-refractivity contribution in [1.82, 2.24) is 0 Å². The van der Waals surface area contributed by atoms with E-state index in [1.807, 2.05) is 0 Å². The van der Waals surface area contributed by atoms with E-state index in [1.54, 1.807) is 30.3 Å². The summed E-state index contributed by atoms with van der Waals surface area (Å²) in [5, 5.41) is 0. The number of carbonyl (C=O) groups excluding carboxylic acids is 2. The average molecular weight is 204 g/mol. The van der Waals surface area contributed by atoms with Gasteiger partial charge in [-0.15, -0.1) is 0 Å². The fraction of sp³-hybridized carbons (Fsp3) is 0.111. The number of rotatable bonds is 1. The van der Waals surface area contributed by atoms with Gasteiger partial charge in [0.25, 0.3) is 0 Å². The van der Waals surface area contributed by atoms with Gasteiger partial charge in [-0.3, -0.25) is 4.79 Å². The summed E-state index contributed by atoms with van der Waals surface area (Å²) in [6.07, 6.45) is 0. The predicted molar refractivity (Wildman–Crippen MR) is 43.7 cm³/mol. The second-order valence-electron chi connectivity index (χ2n) is 2.25. The van der Waals surface area contributed by atoms with Crippen molar-refractivity contribution in [3.05, 3.63) is 35.9 Å². The van der Waals surface area contributed by atoms with Crippen LogP contribution in [0.1, 0.15) is 18.7 Å². The monoisotopic (exact) mass is 204 g/mol. The second kappa shape index (κ2) is 6.45. The molecule has 0 spiro atoms. The Morgan fingerprint density at radius 3 is 2.23 bits per heavy atom. The van der Waals surface area contributed by atoms with Crippen LogP contribution in [0.15, 0.2) is 30.3 Å². The molecule has 1 rings (SSSR count). The van der Waals surface area contributed by atoms with Crippen molar-refractivity contribution in [3.8, 4) is 0 Å². The zero-order chi connectivity index (χ0) is 8.97. The van der Waals surface area contributed by atoms with E-state index in [0.29, 0.717) is 5.56 Å². The Balaban J connectivity index is 0. The third kappa shape index (κ3) is 4.68. The molecule has 0 atom stereocenters. The van der Waals surface area contributed by atoms with Crippen molar-refractivity contribution in [2.75, 3.05) is 0 Å². The van der Waals surface area contributed by atoms with Gasteiger partial charge in [-0.05, 0) is 12.1 Å². The smallest absolute Gasteiger partial charge is 1.00 e. The summed E-state index contributed by atoms with van der Waals surface area (Å²) in [5.41, 5.74) is 0.382. The third-order valence-corrected chi connectivity index (χ3v) is 1.25. The fourth-order valence-corrected chi connectivity index (χ4v) is 0.764. The van der Waals surface area contributed by atoms with E-state index in [-0.39, 0.29) is 52.8 Å². The van der Waals surface area contributed by atoms with Crippen LogP contribution in [-0.2, 0) is 9.53 Å². The molecule has 0 radical (unpaired) electrons. The second-order valence-corrected chi connectivity index (χ2v) is 2.25. The zero-order valence-corrected chi connectivity index (χ0v) is 10.7. The summed E-state index contributed by atoms with van der Waals surface area (Å²) >= 11 is 0. The molecule has 0 aliphatic carbocycles. The Labute approximate surface area is 120 Å². The molecular formula is C9H9KO3. The molecule has 0 saturated carbocycles. The molecule has 1 aromatic carbocycles. The summed E-state index contributed by atoms with van der Waals surface area (Å²) < 4.78 is 4.36. The predicted octanol–water partition coefficient (Wildman–Crippen LogP) is -1.49. The van der Waals surface area contributed by atoms with Crippen LogP contribution in [0, 0.1) is 0 Å². The summed E-state index contributed by atoms with van der Waals surface area (Å²) in [7, 11) is 0. The molecule has 13 heavy (non-hydrogen) atoms. The molecule has 0 N–H and O–H groups in total. The third-order valence-electron chi connectivity index (χ3n) is 1.25. The van der Waals surface area contributed by atoms with Crippen LogP contribution < -0.4 is 51.4 Å². The molecule has 1 aromatic rings. The van der Waals surface area contributed by atoms with E-state index >= 15 is 0 Å².